The van der Waals surface area contributed by atoms with Crippen molar-refractivity contribution in [1.82, 2.24) is 10.2 Å². The molecule has 92 valence electrons. The molecule has 0 spiro atoms. The van der Waals surface area contributed by atoms with Crippen LogP contribution in [0.25, 0.3) is 0 Å². The summed E-state index contributed by atoms with van der Waals surface area (Å²) in [5, 5.41) is 13.3. The summed E-state index contributed by atoms with van der Waals surface area (Å²) >= 11 is 1.36. The van der Waals surface area contributed by atoms with Gasteiger partial charge in [0.05, 0.1) is 0 Å². The van der Waals surface area contributed by atoms with Gasteiger partial charge in [-0.3, -0.25) is 4.79 Å². The second-order valence-electron chi connectivity index (χ2n) is 3.68. The van der Waals surface area contributed by atoms with E-state index < -0.39 is 0 Å². The molecule has 0 saturated heterocycles. The summed E-state index contributed by atoms with van der Waals surface area (Å²) in [6.07, 6.45) is 0. The van der Waals surface area contributed by atoms with Gasteiger partial charge in [0.2, 0.25) is 0 Å². The lowest BCUT2D eigenvalue weighted by atomic mass is 10.2. The van der Waals surface area contributed by atoms with Crippen LogP contribution in [0.3, 0.4) is 0 Å². The Kier molecular flexibility index (Phi) is 5.70. The van der Waals surface area contributed by atoms with Crippen molar-refractivity contribution in [2.45, 2.75) is 0 Å². The quantitative estimate of drug-likeness (QED) is 0.762. The molecule has 1 aromatic heterocycles. The van der Waals surface area contributed by atoms with Crippen molar-refractivity contribution in [3.63, 3.8) is 0 Å². The van der Waals surface area contributed by atoms with Crippen molar-refractivity contribution in [2.24, 2.45) is 0 Å². The summed E-state index contributed by atoms with van der Waals surface area (Å²) in [4.78, 5) is 14.4. The van der Waals surface area contributed by atoms with Crippen LogP contribution in [0.2, 0.25) is 0 Å². The third-order valence-corrected chi connectivity index (χ3v) is 2.93. The number of carbonyl (C=O) groups excluding carboxylic acids is 1. The smallest absolute Gasteiger partial charge is 0.262 e. The van der Waals surface area contributed by atoms with Crippen molar-refractivity contribution < 1.29 is 9.90 Å². The Hall–Kier alpha value is -1.35. The minimum Gasteiger partial charge on any atom is -0.384 e. The molecule has 0 aliphatic heterocycles. The molecule has 0 aromatic carbocycles. The summed E-state index contributed by atoms with van der Waals surface area (Å²) in [6, 6.07) is 1.79. The van der Waals surface area contributed by atoms with Crippen LogP contribution in [0, 0.1) is 11.8 Å². The molecule has 0 aliphatic carbocycles. The predicted molar refractivity (Wildman–Crippen MR) is 69.2 cm³/mol. The van der Waals surface area contributed by atoms with E-state index in [4.69, 9.17) is 5.11 Å². The van der Waals surface area contributed by atoms with E-state index >= 15 is 0 Å². The lowest BCUT2D eigenvalue weighted by Gasteiger charge is -2.09. The van der Waals surface area contributed by atoms with Crippen molar-refractivity contribution in [1.29, 1.82) is 0 Å². The lowest BCUT2D eigenvalue weighted by molar-refractivity contribution is 0.0955. The van der Waals surface area contributed by atoms with E-state index in [1.165, 1.54) is 11.3 Å². The highest BCUT2D eigenvalue weighted by atomic mass is 32.1. The molecule has 1 rings (SSSR count). The molecule has 0 atom stereocenters. The third kappa shape index (κ3) is 4.57. The van der Waals surface area contributed by atoms with E-state index in [1.807, 2.05) is 24.4 Å². The van der Waals surface area contributed by atoms with Crippen LogP contribution in [-0.4, -0.2) is 49.7 Å². The van der Waals surface area contributed by atoms with Gasteiger partial charge in [-0.15, -0.1) is 11.3 Å². The SMILES string of the molecule is CN(C)CCNC(=O)c1sccc1C#CCO. The third-order valence-electron chi connectivity index (χ3n) is 2.02. The summed E-state index contributed by atoms with van der Waals surface area (Å²) in [7, 11) is 3.91. The Morgan fingerprint density at radius 3 is 3.00 bits per heavy atom. The average molecular weight is 252 g/mol. The van der Waals surface area contributed by atoms with Gasteiger partial charge in [0.1, 0.15) is 11.5 Å². The van der Waals surface area contributed by atoms with E-state index in [2.05, 4.69) is 17.2 Å². The minimum absolute atomic E-state index is 0.107. The van der Waals surface area contributed by atoms with E-state index in [9.17, 15) is 4.79 Å². The Morgan fingerprint density at radius 1 is 1.59 bits per heavy atom. The summed E-state index contributed by atoms with van der Waals surface area (Å²) in [6.45, 7) is 1.21. The molecule has 2 N–H and O–H groups in total. The van der Waals surface area contributed by atoms with E-state index in [1.54, 1.807) is 6.07 Å². The molecule has 0 unspecified atom stereocenters. The number of aliphatic hydroxyl groups is 1. The normalized spacial score (nSPS) is 9.88. The molecule has 4 nitrogen and oxygen atoms in total. The van der Waals surface area contributed by atoms with Crippen LogP contribution in [0.4, 0.5) is 0 Å². The standard InChI is InChI=1S/C12H16N2O2S/c1-14(2)7-6-13-12(16)11-10(4-3-8-15)5-9-17-11/h5,9,15H,6-8H2,1-2H3,(H,13,16). The first-order chi connectivity index (χ1) is 8.15. The zero-order chi connectivity index (χ0) is 12.7. The largest absolute Gasteiger partial charge is 0.384 e. The monoisotopic (exact) mass is 252 g/mol. The van der Waals surface area contributed by atoms with E-state index in [0.717, 1.165) is 6.54 Å². The molecule has 1 heterocycles. The maximum absolute atomic E-state index is 11.8. The highest BCUT2D eigenvalue weighted by Crippen LogP contribution is 2.15. The van der Waals surface area contributed by atoms with Crippen LogP contribution in [0.5, 0.6) is 0 Å². The molecular weight excluding hydrogens is 236 g/mol. The fourth-order valence-corrected chi connectivity index (χ4v) is 1.96. The van der Waals surface area contributed by atoms with Gasteiger partial charge < -0.3 is 15.3 Å². The Labute approximate surface area is 105 Å². The van der Waals surface area contributed by atoms with Crippen molar-refractivity contribution in [3.8, 4) is 11.8 Å². The Morgan fingerprint density at radius 2 is 2.35 bits per heavy atom. The molecule has 0 fully saturated rings. The fraction of sp³-hybridized carbons (Fsp3) is 0.417. The van der Waals surface area contributed by atoms with Crippen LogP contribution >= 0.6 is 11.3 Å². The number of aliphatic hydroxyl groups excluding tert-OH is 1. The first kappa shape index (κ1) is 13.7. The van der Waals surface area contributed by atoms with Crippen LogP contribution < -0.4 is 5.32 Å². The summed E-state index contributed by atoms with van der Waals surface area (Å²) in [5.74, 6) is 5.20. The number of amides is 1. The van der Waals surface area contributed by atoms with Gasteiger partial charge in [-0.2, -0.15) is 0 Å². The van der Waals surface area contributed by atoms with Crippen LogP contribution in [-0.2, 0) is 0 Å². The molecule has 0 radical (unpaired) electrons. The van der Waals surface area contributed by atoms with Gasteiger partial charge in [-0.05, 0) is 25.5 Å². The predicted octanol–water partition coefficient (Wildman–Crippen LogP) is 0.383. The lowest BCUT2D eigenvalue weighted by Crippen LogP contribution is -2.31. The van der Waals surface area contributed by atoms with Gasteiger partial charge >= 0.3 is 0 Å². The van der Waals surface area contributed by atoms with E-state index in [0.29, 0.717) is 17.0 Å². The molecular formula is C12H16N2O2S. The molecule has 1 amide bonds. The molecule has 5 heteroatoms. The van der Waals surface area contributed by atoms with Gasteiger partial charge in [-0.25, -0.2) is 0 Å². The van der Waals surface area contributed by atoms with Crippen molar-refractivity contribution >= 4 is 17.2 Å². The zero-order valence-corrected chi connectivity index (χ0v) is 10.8. The number of thiophene rings is 1. The van der Waals surface area contributed by atoms with Crippen LogP contribution in [0.15, 0.2) is 11.4 Å². The molecule has 17 heavy (non-hydrogen) atoms. The van der Waals surface area contributed by atoms with Gasteiger partial charge in [-0.1, -0.05) is 11.8 Å². The van der Waals surface area contributed by atoms with Gasteiger partial charge in [0, 0.05) is 18.7 Å². The van der Waals surface area contributed by atoms with Gasteiger partial charge in [0.15, 0.2) is 0 Å². The number of likely N-dealkylation sites (N-methyl/N-ethyl adjacent to an activating group) is 1. The topological polar surface area (TPSA) is 52.6 Å². The number of hydrogen-bond acceptors (Lipinski definition) is 4. The number of nitrogens with zero attached hydrogens (tertiary/aromatic N) is 1. The maximum atomic E-state index is 11.8. The maximum Gasteiger partial charge on any atom is 0.262 e. The van der Waals surface area contributed by atoms with Crippen molar-refractivity contribution in [3.05, 3.63) is 21.9 Å². The highest BCUT2D eigenvalue weighted by Gasteiger charge is 2.11. The first-order valence-electron chi connectivity index (χ1n) is 5.25. The Bertz CT molecular complexity index is 429. The summed E-state index contributed by atoms with van der Waals surface area (Å²) < 4.78 is 0. The minimum atomic E-state index is -0.197. The molecule has 1 aromatic rings. The number of carbonyl (C=O) groups is 1. The first-order valence-corrected chi connectivity index (χ1v) is 6.13. The second kappa shape index (κ2) is 7.07. The molecule has 0 saturated carbocycles. The highest BCUT2D eigenvalue weighted by molar-refractivity contribution is 7.12. The summed E-state index contributed by atoms with van der Waals surface area (Å²) in [5.41, 5.74) is 0.673. The number of nitrogens with one attached hydrogen (secondary N) is 1. The average Bonchev–Trinajstić information content (AvgIpc) is 2.73. The Balaban J connectivity index is 2.60. The van der Waals surface area contributed by atoms with E-state index in [-0.39, 0.29) is 12.5 Å². The zero-order valence-electron chi connectivity index (χ0n) is 9.99. The van der Waals surface area contributed by atoms with Crippen LogP contribution in [0.1, 0.15) is 15.2 Å². The van der Waals surface area contributed by atoms with Crippen molar-refractivity contribution in [2.75, 3.05) is 33.8 Å². The molecule has 0 bridgehead atoms. The second-order valence-corrected chi connectivity index (χ2v) is 4.60. The van der Waals surface area contributed by atoms with Gasteiger partial charge in [0.25, 0.3) is 5.91 Å². The molecule has 0 aliphatic rings. The fourth-order valence-electron chi connectivity index (χ4n) is 1.19. The number of rotatable bonds is 4. The number of hydrogen-bond donors (Lipinski definition) is 2.